The number of hydrogen-bond acceptors (Lipinski definition) is 2. The van der Waals surface area contributed by atoms with Crippen molar-refractivity contribution in [2.24, 2.45) is 4.99 Å². The van der Waals surface area contributed by atoms with Crippen LogP contribution in [0.3, 0.4) is 0 Å². The molecule has 94 valence electrons. The molecule has 0 atom stereocenters. The second kappa shape index (κ2) is 6.13. The quantitative estimate of drug-likeness (QED) is 0.589. The van der Waals surface area contributed by atoms with Gasteiger partial charge in [0.2, 0.25) is 0 Å². The van der Waals surface area contributed by atoms with Crippen LogP contribution in [0, 0.1) is 0 Å². The van der Waals surface area contributed by atoms with Gasteiger partial charge >= 0.3 is 0 Å². The normalized spacial score (nSPS) is 9.71. The van der Waals surface area contributed by atoms with Gasteiger partial charge in [0.15, 0.2) is 5.96 Å². The maximum atomic E-state index is 5.19. The average Bonchev–Trinajstić information content (AvgIpc) is 2.28. The van der Waals surface area contributed by atoms with E-state index in [0.29, 0.717) is 6.54 Å². The molecule has 0 bridgehead atoms. The maximum absolute atomic E-state index is 5.19. The van der Waals surface area contributed by atoms with Crippen molar-refractivity contribution in [3.63, 3.8) is 0 Å². The van der Waals surface area contributed by atoms with Crippen molar-refractivity contribution in [3.05, 3.63) is 29.8 Å². The molecule has 0 aliphatic rings. The standard InChI is InChI=1S/C13H21N3O/c1-15(2)13(16(3)4)14-10-11-7-6-8-12(9-11)17-5/h6-9H,10H2,1-5H3. The highest BCUT2D eigenvalue weighted by molar-refractivity contribution is 5.79. The van der Waals surface area contributed by atoms with Crippen LogP contribution < -0.4 is 4.74 Å². The van der Waals surface area contributed by atoms with Crippen molar-refractivity contribution < 1.29 is 4.74 Å². The number of hydrogen-bond donors (Lipinski definition) is 0. The first-order chi connectivity index (χ1) is 8.04. The van der Waals surface area contributed by atoms with Crippen LogP contribution in [-0.2, 0) is 6.54 Å². The Kier molecular flexibility index (Phi) is 4.82. The molecule has 1 aromatic carbocycles. The van der Waals surface area contributed by atoms with Gasteiger partial charge in [0.25, 0.3) is 0 Å². The second-order valence-electron chi connectivity index (χ2n) is 4.26. The minimum Gasteiger partial charge on any atom is -0.497 e. The Morgan fingerprint density at radius 1 is 1.18 bits per heavy atom. The summed E-state index contributed by atoms with van der Waals surface area (Å²) in [5.41, 5.74) is 1.14. The van der Waals surface area contributed by atoms with Gasteiger partial charge in [-0.05, 0) is 17.7 Å². The van der Waals surface area contributed by atoms with Gasteiger partial charge in [0.05, 0.1) is 13.7 Å². The molecule has 0 saturated heterocycles. The van der Waals surface area contributed by atoms with Crippen LogP contribution in [0.2, 0.25) is 0 Å². The zero-order valence-corrected chi connectivity index (χ0v) is 11.3. The fourth-order valence-electron chi connectivity index (χ4n) is 1.62. The van der Waals surface area contributed by atoms with Gasteiger partial charge in [-0.3, -0.25) is 0 Å². The van der Waals surface area contributed by atoms with E-state index in [1.165, 1.54) is 0 Å². The lowest BCUT2D eigenvalue weighted by atomic mass is 10.2. The van der Waals surface area contributed by atoms with E-state index < -0.39 is 0 Å². The van der Waals surface area contributed by atoms with Crippen molar-refractivity contribution in [1.29, 1.82) is 0 Å². The summed E-state index contributed by atoms with van der Waals surface area (Å²) in [4.78, 5) is 8.58. The van der Waals surface area contributed by atoms with Crippen LogP contribution in [0.1, 0.15) is 5.56 Å². The van der Waals surface area contributed by atoms with Crippen LogP contribution in [0.5, 0.6) is 5.75 Å². The van der Waals surface area contributed by atoms with Gasteiger partial charge in [-0.15, -0.1) is 0 Å². The third-order valence-electron chi connectivity index (χ3n) is 2.34. The summed E-state index contributed by atoms with van der Waals surface area (Å²) in [6.45, 7) is 0.656. The largest absolute Gasteiger partial charge is 0.497 e. The fourth-order valence-corrected chi connectivity index (χ4v) is 1.62. The van der Waals surface area contributed by atoms with E-state index in [0.717, 1.165) is 17.3 Å². The number of nitrogens with zero attached hydrogens (tertiary/aromatic N) is 3. The van der Waals surface area contributed by atoms with Gasteiger partial charge in [0.1, 0.15) is 5.75 Å². The summed E-state index contributed by atoms with van der Waals surface area (Å²) < 4.78 is 5.19. The molecular weight excluding hydrogens is 214 g/mol. The monoisotopic (exact) mass is 235 g/mol. The lowest BCUT2D eigenvalue weighted by Crippen LogP contribution is -2.35. The van der Waals surface area contributed by atoms with Crippen LogP contribution in [0.4, 0.5) is 0 Å². The van der Waals surface area contributed by atoms with E-state index in [2.05, 4.69) is 11.1 Å². The third-order valence-corrected chi connectivity index (χ3v) is 2.34. The molecule has 0 spiro atoms. The van der Waals surface area contributed by atoms with E-state index in [1.54, 1.807) is 7.11 Å². The van der Waals surface area contributed by atoms with Crippen molar-refractivity contribution in [2.45, 2.75) is 6.54 Å². The molecule has 0 aliphatic carbocycles. The van der Waals surface area contributed by atoms with Crippen molar-refractivity contribution in [2.75, 3.05) is 35.3 Å². The minimum absolute atomic E-state index is 0.656. The number of aliphatic imine (C=N–C) groups is 1. The molecule has 0 radical (unpaired) electrons. The van der Waals surface area contributed by atoms with E-state index >= 15 is 0 Å². The zero-order chi connectivity index (χ0) is 12.8. The Hall–Kier alpha value is -1.71. The van der Waals surface area contributed by atoms with E-state index in [4.69, 9.17) is 4.74 Å². The Balaban J connectivity index is 2.79. The number of ether oxygens (including phenoxy) is 1. The predicted molar refractivity (Wildman–Crippen MR) is 71.5 cm³/mol. The fraction of sp³-hybridized carbons (Fsp3) is 0.462. The molecule has 0 aliphatic heterocycles. The van der Waals surface area contributed by atoms with Gasteiger partial charge in [-0.2, -0.15) is 0 Å². The molecule has 0 amide bonds. The molecule has 0 fully saturated rings. The highest BCUT2D eigenvalue weighted by Crippen LogP contribution is 2.13. The summed E-state index contributed by atoms with van der Waals surface area (Å²) in [6, 6.07) is 7.97. The van der Waals surface area contributed by atoms with Crippen molar-refractivity contribution >= 4 is 5.96 Å². The summed E-state index contributed by atoms with van der Waals surface area (Å²) in [6.07, 6.45) is 0. The Bertz CT molecular complexity index is 376. The van der Waals surface area contributed by atoms with E-state index in [1.807, 2.05) is 56.2 Å². The molecule has 0 aromatic heterocycles. The van der Waals surface area contributed by atoms with Gasteiger partial charge in [-0.1, -0.05) is 12.1 Å². The number of guanidine groups is 1. The smallest absolute Gasteiger partial charge is 0.195 e. The Morgan fingerprint density at radius 2 is 1.82 bits per heavy atom. The molecular formula is C13H21N3O. The molecule has 0 saturated carbocycles. The first kappa shape index (κ1) is 13.4. The number of methoxy groups -OCH3 is 1. The van der Waals surface area contributed by atoms with Gasteiger partial charge < -0.3 is 14.5 Å². The van der Waals surface area contributed by atoms with Gasteiger partial charge in [-0.25, -0.2) is 4.99 Å². The summed E-state index contributed by atoms with van der Waals surface area (Å²) >= 11 is 0. The SMILES string of the molecule is COc1cccc(CN=C(N(C)C)N(C)C)c1. The average molecular weight is 235 g/mol. The topological polar surface area (TPSA) is 28.1 Å². The summed E-state index contributed by atoms with van der Waals surface area (Å²) in [7, 11) is 9.64. The highest BCUT2D eigenvalue weighted by Gasteiger charge is 2.03. The number of rotatable bonds is 3. The maximum Gasteiger partial charge on any atom is 0.195 e. The van der Waals surface area contributed by atoms with Crippen LogP contribution >= 0.6 is 0 Å². The highest BCUT2D eigenvalue weighted by atomic mass is 16.5. The first-order valence-electron chi connectivity index (χ1n) is 5.56. The van der Waals surface area contributed by atoms with Crippen molar-refractivity contribution in [1.82, 2.24) is 9.80 Å². The third kappa shape index (κ3) is 3.98. The van der Waals surface area contributed by atoms with E-state index in [-0.39, 0.29) is 0 Å². The molecule has 0 unspecified atom stereocenters. The number of benzene rings is 1. The first-order valence-corrected chi connectivity index (χ1v) is 5.56. The molecule has 1 rings (SSSR count). The lowest BCUT2D eigenvalue weighted by Gasteiger charge is -2.22. The molecule has 1 aromatic rings. The van der Waals surface area contributed by atoms with Crippen molar-refractivity contribution in [3.8, 4) is 5.75 Å². The Labute approximate surface area is 104 Å². The second-order valence-corrected chi connectivity index (χ2v) is 4.26. The van der Waals surface area contributed by atoms with Crippen LogP contribution in [-0.4, -0.2) is 51.1 Å². The van der Waals surface area contributed by atoms with Crippen LogP contribution in [0.25, 0.3) is 0 Å². The molecule has 4 nitrogen and oxygen atoms in total. The Morgan fingerprint density at radius 3 is 2.35 bits per heavy atom. The molecule has 17 heavy (non-hydrogen) atoms. The van der Waals surface area contributed by atoms with Crippen LogP contribution in [0.15, 0.2) is 29.3 Å². The zero-order valence-electron chi connectivity index (χ0n) is 11.3. The van der Waals surface area contributed by atoms with E-state index in [9.17, 15) is 0 Å². The molecule has 0 heterocycles. The molecule has 4 heteroatoms. The minimum atomic E-state index is 0.656. The summed E-state index contributed by atoms with van der Waals surface area (Å²) in [5.74, 6) is 1.82. The lowest BCUT2D eigenvalue weighted by molar-refractivity contribution is 0.414. The summed E-state index contributed by atoms with van der Waals surface area (Å²) in [5, 5.41) is 0. The molecule has 0 N–H and O–H groups in total. The van der Waals surface area contributed by atoms with Gasteiger partial charge in [0, 0.05) is 28.2 Å². The predicted octanol–water partition coefficient (Wildman–Crippen LogP) is 1.67.